The summed E-state index contributed by atoms with van der Waals surface area (Å²) in [7, 11) is 0. The van der Waals surface area contributed by atoms with E-state index in [-0.39, 0.29) is 17.6 Å². The third kappa shape index (κ3) is 3.13. The molecule has 0 aliphatic carbocycles. The van der Waals surface area contributed by atoms with Crippen molar-refractivity contribution in [2.45, 2.75) is 32.0 Å². The van der Waals surface area contributed by atoms with Gasteiger partial charge in [-0.05, 0) is 41.3 Å². The van der Waals surface area contributed by atoms with Crippen LogP contribution >= 0.6 is 0 Å². The first-order chi connectivity index (χ1) is 15.3. The fraction of sp³-hybridized carbons (Fsp3) is 0.240. The summed E-state index contributed by atoms with van der Waals surface area (Å²) in [5, 5.41) is 23.9. The van der Waals surface area contributed by atoms with E-state index in [2.05, 4.69) is 6.07 Å². The first kappa shape index (κ1) is 20.2. The number of carboxylic acid groups (broad SMARTS) is 1. The second kappa shape index (κ2) is 7.46. The minimum Gasteiger partial charge on any atom is -0.543 e. The van der Waals surface area contributed by atoms with Gasteiger partial charge in [0.25, 0.3) is 0 Å². The van der Waals surface area contributed by atoms with Gasteiger partial charge in [0.2, 0.25) is 5.91 Å². The average Bonchev–Trinajstić information content (AvgIpc) is 3.10. The first-order valence-corrected chi connectivity index (χ1v) is 10.6. The van der Waals surface area contributed by atoms with E-state index < -0.39 is 18.0 Å². The number of nitrogens with zero attached hydrogens (tertiary/aromatic N) is 2. The van der Waals surface area contributed by atoms with Crippen LogP contribution in [0.4, 0.5) is 5.69 Å². The highest BCUT2D eigenvalue weighted by Crippen LogP contribution is 2.47. The molecule has 7 nitrogen and oxygen atoms in total. The molecular formula is C25H23N3O4. The third-order valence-electron chi connectivity index (χ3n) is 6.51. The summed E-state index contributed by atoms with van der Waals surface area (Å²) in [5.74, 6) is -2.30. The predicted molar refractivity (Wildman–Crippen MR) is 116 cm³/mol. The van der Waals surface area contributed by atoms with Crippen molar-refractivity contribution < 1.29 is 24.4 Å². The Balaban J connectivity index is 1.52. The van der Waals surface area contributed by atoms with Crippen molar-refractivity contribution in [1.82, 2.24) is 4.90 Å². The van der Waals surface area contributed by atoms with Crippen molar-refractivity contribution in [2.75, 3.05) is 5.73 Å². The number of carbonyl (C=O) groups is 2. The molecule has 7 heteroatoms. The second-order valence-corrected chi connectivity index (χ2v) is 8.52. The van der Waals surface area contributed by atoms with Gasteiger partial charge in [0.15, 0.2) is 18.9 Å². The minimum atomic E-state index is -1.37. The Morgan fingerprint density at radius 1 is 1.25 bits per heavy atom. The van der Waals surface area contributed by atoms with Crippen molar-refractivity contribution in [1.29, 1.82) is 0 Å². The van der Waals surface area contributed by atoms with Crippen molar-refractivity contribution in [3.05, 3.63) is 77.7 Å². The Hall–Kier alpha value is -3.71. The van der Waals surface area contributed by atoms with Crippen molar-refractivity contribution in [2.24, 2.45) is 5.92 Å². The molecule has 2 aliphatic rings. The Bertz CT molecular complexity index is 1280. The topological polar surface area (TPSA) is 111 Å². The van der Waals surface area contributed by atoms with Gasteiger partial charge in [-0.3, -0.25) is 4.79 Å². The van der Waals surface area contributed by atoms with E-state index >= 15 is 0 Å². The Morgan fingerprint density at radius 2 is 2.00 bits per heavy atom. The molecule has 162 valence electrons. The molecule has 0 spiro atoms. The molecule has 3 atom stereocenters. The number of pyridine rings is 1. The number of aliphatic hydroxyl groups excluding tert-OH is 1. The highest BCUT2D eigenvalue weighted by Gasteiger charge is 2.55. The standard InChI is InChI=1S/C25H23N3O4/c1-14(29)22-21-12-20(23(25(31)32)28(21)24(22)30)16-5-6-19-15(11-16)3-2-4-17(19)13-27-9-7-18(26)8-10-27/h2-11,14,21-22,26,29H,12-13H2,1H3,(H,31,32)/t14-,21-,22-/m1/s1. The number of carbonyl (C=O) groups excluding carboxylic acids is 2. The minimum absolute atomic E-state index is 0.0789. The molecule has 0 unspecified atom stereocenters. The fourth-order valence-corrected chi connectivity index (χ4v) is 4.96. The molecule has 3 N–H and O–H groups in total. The fourth-order valence-electron chi connectivity index (χ4n) is 4.96. The molecule has 1 aromatic heterocycles. The van der Waals surface area contributed by atoms with Crippen molar-refractivity contribution >= 4 is 33.9 Å². The Labute approximate surface area is 185 Å². The lowest BCUT2D eigenvalue weighted by molar-refractivity contribution is -0.688. The zero-order valence-corrected chi connectivity index (χ0v) is 17.6. The van der Waals surface area contributed by atoms with E-state index in [0.717, 1.165) is 21.9 Å². The number of hydrogen-bond acceptors (Lipinski definition) is 5. The van der Waals surface area contributed by atoms with Gasteiger partial charge in [0.1, 0.15) is 0 Å². The molecule has 2 aliphatic heterocycles. The molecule has 0 saturated carbocycles. The highest BCUT2D eigenvalue weighted by atomic mass is 16.4. The zero-order valence-electron chi connectivity index (χ0n) is 17.6. The van der Waals surface area contributed by atoms with E-state index in [1.807, 2.05) is 59.4 Å². The number of rotatable bonds is 5. The summed E-state index contributed by atoms with van der Waals surface area (Å²) in [6, 6.07) is 15.2. The molecule has 1 saturated heterocycles. The first-order valence-electron chi connectivity index (χ1n) is 10.6. The van der Waals surface area contributed by atoms with E-state index in [0.29, 0.717) is 24.2 Å². The normalized spacial score (nSPS) is 20.9. The molecule has 3 aromatic rings. The van der Waals surface area contributed by atoms with Crippen LogP contribution in [0.2, 0.25) is 0 Å². The number of nitrogen functional groups attached to an aromatic ring is 1. The van der Waals surface area contributed by atoms with Gasteiger partial charge in [0, 0.05) is 23.4 Å². The third-order valence-corrected chi connectivity index (χ3v) is 6.51. The SMILES string of the molecule is C[C@@H](O)[C@H]1C(=O)N2C(C(=O)[O-])=C(c3ccc4c(C[n+]5ccc(N)cc5)cccc4c3)C[C@H]12. The molecule has 32 heavy (non-hydrogen) atoms. The van der Waals surface area contributed by atoms with Gasteiger partial charge < -0.3 is 25.6 Å². The van der Waals surface area contributed by atoms with Gasteiger partial charge >= 0.3 is 0 Å². The number of aliphatic hydroxyl groups is 1. The lowest BCUT2D eigenvalue weighted by atomic mass is 9.82. The summed E-state index contributed by atoms with van der Waals surface area (Å²) in [6.07, 6.45) is 3.42. The summed E-state index contributed by atoms with van der Waals surface area (Å²) in [6.45, 7) is 2.23. The molecule has 5 rings (SSSR count). The van der Waals surface area contributed by atoms with Gasteiger partial charge in [-0.25, -0.2) is 4.57 Å². The molecule has 3 heterocycles. The van der Waals surface area contributed by atoms with Gasteiger partial charge in [-0.15, -0.1) is 0 Å². The second-order valence-electron chi connectivity index (χ2n) is 8.52. The lowest BCUT2D eigenvalue weighted by Crippen LogP contribution is -2.62. The van der Waals surface area contributed by atoms with Crippen LogP contribution in [0.1, 0.15) is 24.5 Å². The van der Waals surface area contributed by atoms with E-state index in [9.17, 15) is 19.8 Å². The molecule has 0 bridgehead atoms. The number of β-lactam (4-membered cyclic amide) rings is 1. The number of aromatic nitrogens is 1. The van der Waals surface area contributed by atoms with E-state index in [1.54, 1.807) is 6.92 Å². The van der Waals surface area contributed by atoms with Crippen LogP contribution in [-0.4, -0.2) is 34.0 Å². The van der Waals surface area contributed by atoms with Crippen LogP contribution in [0.5, 0.6) is 0 Å². The smallest absolute Gasteiger partial charge is 0.235 e. The van der Waals surface area contributed by atoms with Crippen LogP contribution in [0.15, 0.2) is 66.6 Å². The van der Waals surface area contributed by atoms with Crippen LogP contribution < -0.4 is 15.4 Å². The number of aliphatic carboxylic acids is 1. The Morgan fingerprint density at radius 3 is 2.69 bits per heavy atom. The molecule has 0 radical (unpaired) electrons. The van der Waals surface area contributed by atoms with Crippen molar-refractivity contribution in [3.63, 3.8) is 0 Å². The van der Waals surface area contributed by atoms with Gasteiger partial charge in [-0.2, -0.15) is 0 Å². The average molecular weight is 429 g/mol. The summed E-state index contributed by atoms with van der Waals surface area (Å²) >= 11 is 0. The number of amides is 1. The monoisotopic (exact) mass is 429 g/mol. The van der Waals surface area contributed by atoms with Gasteiger partial charge in [-0.1, -0.05) is 30.3 Å². The number of hydrogen-bond donors (Lipinski definition) is 2. The van der Waals surface area contributed by atoms with Crippen LogP contribution in [0, 0.1) is 5.92 Å². The number of benzene rings is 2. The maximum atomic E-state index is 12.5. The molecule has 1 amide bonds. The number of nitrogens with two attached hydrogens (primary N) is 1. The number of carboxylic acids is 1. The number of fused-ring (bicyclic) bond motifs is 2. The Kier molecular flexibility index (Phi) is 4.71. The largest absolute Gasteiger partial charge is 0.543 e. The summed E-state index contributed by atoms with van der Waals surface area (Å²) in [4.78, 5) is 25.6. The van der Waals surface area contributed by atoms with Crippen molar-refractivity contribution in [3.8, 4) is 0 Å². The van der Waals surface area contributed by atoms with Crippen LogP contribution in [0.3, 0.4) is 0 Å². The van der Waals surface area contributed by atoms with Crippen LogP contribution in [0.25, 0.3) is 16.3 Å². The molecular weight excluding hydrogens is 406 g/mol. The zero-order chi connectivity index (χ0) is 22.6. The quantitative estimate of drug-likeness (QED) is 0.461. The summed E-state index contributed by atoms with van der Waals surface area (Å²) in [5.41, 5.74) is 8.85. The molecule has 1 fully saturated rings. The predicted octanol–water partition coefficient (Wildman–Crippen LogP) is 0.830. The highest BCUT2D eigenvalue weighted by molar-refractivity contribution is 6.06. The van der Waals surface area contributed by atoms with Crippen LogP contribution in [-0.2, 0) is 16.1 Å². The number of anilines is 1. The lowest BCUT2D eigenvalue weighted by Gasteiger charge is -2.45. The summed E-state index contributed by atoms with van der Waals surface area (Å²) < 4.78 is 2.04. The van der Waals surface area contributed by atoms with E-state index in [1.165, 1.54) is 4.90 Å². The molecule has 2 aromatic carbocycles. The maximum Gasteiger partial charge on any atom is 0.235 e. The van der Waals surface area contributed by atoms with Gasteiger partial charge in [0.05, 0.1) is 29.7 Å². The van der Waals surface area contributed by atoms with E-state index in [4.69, 9.17) is 5.73 Å². The maximum absolute atomic E-state index is 12.5.